The summed E-state index contributed by atoms with van der Waals surface area (Å²) in [5.74, 6) is 0.197. The highest BCUT2D eigenvalue weighted by molar-refractivity contribution is 5.76. The Morgan fingerprint density at radius 2 is 2.44 bits per heavy atom. The molecule has 2 rings (SSSR count). The summed E-state index contributed by atoms with van der Waals surface area (Å²) in [5.41, 5.74) is 0. The van der Waals surface area contributed by atoms with Gasteiger partial charge in [-0.1, -0.05) is 0 Å². The molecular weight excluding hydrogens is 228 g/mol. The van der Waals surface area contributed by atoms with Crippen LogP contribution in [0.25, 0.3) is 0 Å². The molecule has 5 heteroatoms. The zero-order chi connectivity index (χ0) is 12.8. The van der Waals surface area contributed by atoms with Crippen molar-refractivity contribution in [3.63, 3.8) is 0 Å². The number of nitrogens with one attached hydrogen (secondary N) is 1. The Morgan fingerprint density at radius 3 is 3.22 bits per heavy atom. The van der Waals surface area contributed by atoms with E-state index in [0.29, 0.717) is 12.5 Å². The van der Waals surface area contributed by atoms with Crippen LogP contribution in [0.3, 0.4) is 0 Å². The van der Waals surface area contributed by atoms with Crippen LogP contribution in [-0.2, 0) is 11.3 Å². The second-order valence-electron chi connectivity index (χ2n) is 4.93. The largest absolute Gasteiger partial charge is 0.356 e. The minimum absolute atomic E-state index is 0.197. The van der Waals surface area contributed by atoms with E-state index in [1.54, 1.807) is 0 Å². The predicted molar refractivity (Wildman–Crippen MR) is 70.1 cm³/mol. The molecule has 1 aromatic heterocycles. The first kappa shape index (κ1) is 13.1. The lowest BCUT2D eigenvalue weighted by Crippen LogP contribution is -2.33. The van der Waals surface area contributed by atoms with Crippen LogP contribution in [0, 0.1) is 0 Å². The van der Waals surface area contributed by atoms with E-state index in [2.05, 4.69) is 22.4 Å². The highest BCUT2D eigenvalue weighted by atomic mass is 16.1. The molecule has 100 valence electrons. The van der Waals surface area contributed by atoms with Gasteiger partial charge in [-0.3, -0.25) is 9.48 Å². The van der Waals surface area contributed by atoms with E-state index in [-0.39, 0.29) is 5.91 Å². The van der Waals surface area contributed by atoms with Crippen LogP contribution in [-0.4, -0.2) is 46.8 Å². The lowest BCUT2D eigenvalue weighted by molar-refractivity contribution is -0.120. The maximum absolute atomic E-state index is 11.3. The molecule has 0 bridgehead atoms. The monoisotopic (exact) mass is 250 g/mol. The molecule has 1 saturated heterocycles. The SMILES string of the molecule is CN(CCCn1cccn1)[C@@H]1CCNC(=O)CC1. The third-order valence-electron chi connectivity index (χ3n) is 3.58. The van der Waals surface area contributed by atoms with Gasteiger partial charge in [-0.2, -0.15) is 5.10 Å². The molecule has 0 radical (unpaired) electrons. The maximum atomic E-state index is 11.3. The van der Waals surface area contributed by atoms with Crippen LogP contribution in [0.15, 0.2) is 18.5 Å². The molecule has 1 fully saturated rings. The van der Waals surface area contributed by atoms with Crippen molar-refractivity contribution in [3.8, 4) is 0 Å². The van der Waals surface area contributed by atoms with Gasteiger partial charge >= 0.3 is 0 Å². The molecule has 1 aromatic rings. The molecule has 2 heterocycles. The van der Waals surface area contributed by atoms with Crippen molar-refractivity contribution in [3.05, 3.63) is 18.5 Å². The minimum atomic E-state index is 0.197. The quantitative estimate of drug-likeness (QED) is 0.844. The molecule has 0 saturated carbocycles. The molecular formula is C13H22N4O. The zero-order valence-corrected chi connectivity index (χ0v) is 11.0. The Hall–Kier alpha value is -1.36. The molecule has 5 nitrogen and oxygen atoms in total. The van der Waals surface area contributed by atoms with Crippen LogP contribution in [0.2, 0.25) is 0 Å². The second kappa shape index (κ2) is 6.54. The van der Waals surface area contributed by atoms with E-state index in [4.69, 9.17) is 0 Å². The van der Waals surface area contributed by atoms with E-state index in [9.17, 15) is 4.79 Å². The van der Waals surface area contributed by atoms with E-state index in [1.807, 2.05) is 23.1 Å². The number of aromatic nitrogens is 2. The summed E-state index contributed by atoms with van der Waals surface area (Å²) >= 11 is 0. The summed E-state index contributed by atoms with van der Waals surface area (Å²) in [4.78, 5) is 13.7. The van der Waals surface area contributed by atoms with Crippen molar-refractivity contribution < 1.29 is 4.79 Å². The van der Waals surface area contributed by atoms with Gasteiger partial charge in [0.15, 0.2) is 0 Å². The third-order valence-corrected chi connectivity index (χ3v) is 3.58. The topological polar surface area (TPSA) is 50.2 Å². The van der Waals surface area contributed by atoms with E-state index in [0.717, 1.165) is 38.9 Å². The Kier molecular flexibility index (Phi) is 4.75. The summed E-state index contributed by atoms with van der Waals surface area (Å²) in [5, 5.41) is 7.12. The first-order chi connectivity index (χ1) is 8.75. The fourth-order valence-electron chi connectivity index (χ4n) is 2.45. The van der Waals surface area contributed by atoms with Gasteiger partial charge in [0.05, 0.1) is 0 Å². The van der Waals surface area contributed by atoms with E-state index < -0.39 is 0 Å². The number of rotatable bonds is 5. The fourth-order valence-corrected chi connectivity index (χ4v) is 2.45. The highest BCUT2D eigenvalue weighted by Gasteiger charge is 2.19. The number of hydrogen-bond donors (Lipinski definition) is 1. The van der Waals surface area contributed by atoms with Gasteiger partial charge in [-0.05, 0) is 38.9 Å². The number of nitrogens with zero attached hydrogens (tertiary/aromatic N) is 3. The summed E-state index contributed by atoms with van der Waals surface area (Å²) in [6.07, 6.45) is 7.60. The fraction of sp³-hybridized carbons (Fsp3) is 0.692. The van der Waals surface area contributed by atoms with Gasteiger partial charge in [0.2, 0.25) is 5.91 Å². The van der Waals surface area contributed by atoms with Crippen molar-refractivity contribution in [2.45, 2.75) is 38.3 Å². The van der Waals surface area contributed by atoms with Gasteiger partial charge < -0.3 is 10.2 Å². The standard InChI is InChI=1S/C13H22N4O/c1-16(9-3-11-17-10-2-7-15-17)12-4-5-13(18)14-8-6-12/h2,7,10,12H,3-6,8-9,11H2,1H3,(H,14,18)/t12-/m0/s1. The zero-order valence-electron chi connectivity index (χ0n) is 11.0. The molecule has 0 aromatic carbocycles. The number of carbonyl (C=O) groups is 1. The molecule has 1 amide bonds. The molecule has 18 heavy (non-hydrogen) atoms. The average molecular weight is 250 g/mol. The number of amides is 1. The van der Waals surface area contributed by atoms with Crippen molar-refractivity contribution in [2.75, 3.05) is 20.1 Å². The normalized spacial score (nSPS) is 20.8. The van der Waals surface area contributed by atoms with Crippen molar-refractivity contribution >= 4 is 5.91 Å². The maximum Gasteiger partial charge on any atom is 0.220 e. The highest BCUT2D eigenvalue weighted by Crippen LogP contribution is 2.12. The first-order valence-electron chi connectivity index (χ1n) is 6.70. The average Bonchev–Trinajstić information content (AvgIpc) is 2.77. The Bertz CT molecular complexity index is 363. The van der Waals surface area contributed by atoms with Crippen molar-refractivity contribution in [1.82, 2.24) is 20.0 Å². The van der Waals surface area contributed by atoms with Crippen LogP contribution < -0.4 is 5.32 Å². The molecule has 1 aliphatic heterocycles. The minimum Gasteiger partial charge on any atom is -0.356 e. The van der Waals surface area contributed by atoms with Crippen molar-refractivity contribution in [2.24, 2.45) is 0 Å². The van der Waals surface area contributed by atoms with Crippen LogP contribution in [0.4, 0.5) is 0 Å². The Balaban J connectivity index is 1.70. The van der Waals surface area contributed by atoms with Crippen LogP contribution in [0.5, 0.6) is 0 Å². The molecule has 1 atom stereocenters. The van der Waals surface area contributed by atoms with Crippen LogP contribution in [0.1, 0.15) is 25.7 Å². The second-order valence-corrected chi connectivity index (χ2v) is 4.93. The van der Waals surface area contributed by atoms with Gasteiger partial charge in [-0.15, -0.1) is 0 Å². The van der Waals surface area contributed by atoms with Crippen LogP contribution >= 0.6 is 0 Å². The Labute approximate surface area is 108 Å². The lowest BCUT2D eigenvalue weighted by atomic mass is 10.1. The van der Waals surface area contributed by atoms with Gasteiger partial charge in [0.25, 0.3) is 0 Å². The predicted octanol–water partition coefficient (Wildman–Crippen LogP) is 0.874. The summed E-state index contributed by atoms with van der Waals surface area (Å²) in [6, 6.07) is 2.48. The molecule has 1 N–H and O–H groups in total. The van der Waals surface area contributed by atoms with Gasteiger partial charge in [0, 0.05) is 37.9 Å². The Morgan fingerprint density at radius 1 is 1.56 bits per heavy atom. The molecule has 0 unspecified atom stereocenters. The van der Waals surface area contributed by atoms with Gasteiger partial charge in [0.1, 0.15) is 0 Å². The molecule has 0 aliphatic carbocycles. The summed E-state index contributed by atoms with van der Waals surface area (Å²) in [6.45, 7) is 2.83. The van der Waals surface area contributed by atoms with E-state index >= 15 is 0 Å². The molecule has 0 spiro atoms. The smallest absolute Gasteiger partial charge is 0.220 e. The lowest BCUT2D eigenvalue weighted by Gasteiger charge is -2.26. The number of carbonyl (C=O) groups excluding carboxylic acids is 1. The number of hydrogen-bond acceptors (Lipinski definition) is 3. The van der Waals surface area contributed by atoms with Crippen molar-refractivity contribution in [1.29, 1.82) is 0 Å². The third kappa shape index (κ3) is 3.84. The van der Waals surface area contributed by atoms with E-state index in [1.165, 1.54) is 0 Å². The van der Waals surface area contributed by atoms with Gasteiger partial charge in [-0.25, -0.2) is 0 Å². The summed E-state index contributed by atoms with van der Waals surface area (Å²) in [7, 11) is 2.16. The molecule has 1 aliphatic rings. The number of aryl methyl sites for hydroxylation is 1. The summed E-state index contributed by atoms with van der Waals surface area (Å²) < 4.78 is 1.96. The first-order valence-corrected chi connectivity index (χ1v) is 6.70.